The fourth-order valence-corrected chi connectivity index (χ4v) is 3.06. The third-order valence-electron chi connectivity index (χ3n) is 4.58. The van der Waals surface area contributed by atoms with Crippen LogP contribution in [0.5, 0.6) is 11.5 Å². The molecule has 29 heavy (non-hydrogen) atoms. The summed E-state index contributed by atoms with van der Waals surface area (Å²) in [4.78, 5) is 25.1. The van der Waals surface area contributed by atoms with Crippen LogP contribution in [0.25, 0.3) is 6.08 Å². The van der Waals surface area contributed by atoms with E-state index in [1.54, 1.807) is 12.1 Å². The Bertz CT molecular complexity index is 984. The Morgan fingerprint density at radius 3 is 2.79 bits per heavy atom. The second-order valence-electron chi connectivity index (χ2n) is 6.56. The number of aromatic hydroxyl groups is 1. The van der Waals surface area contributed by atoms with Gasteiger partial charge in [-0.25, -0.2) is 4.79 Å². The van der Waals surface area contributed by atoms with E-state index >= 15 is 0 Å². The molecule has 1 aromatic heterocycles. The second-order valence-corrected chi connectivity index (χ2v) is 6.56. The predicted molar refractivity (Wildman–Crippen MR) is 104 cm³/mol. The third-order valence-corrected chi connectivity index (χ3v) is 4.58. The zero-order valence-electron chi connectivity index (χ0n) is 15.7. The highest BCUT2D eigenvalue weighted by atomic mass is 16.6. The number of benzene rings is 1. The molecule has 10 nitrogen and oxygen atoms in total. The van der Waals surface area contributed by atoms with Gasteiger partial charge in [-0.2, -0.15) is 0 Å². The lowest BCUT2D eigenvalue weighted by Crippen LogP contribution is -2.38. The zero-order chi connectivity index (χ0) is 21.0. The summed E-state index contributed by atoms with van der Waals surface area (Å²) in [5, 5.41) is 33.1. The number of aromatic amines is 1. The zero-order valence-corrected chi connectivity index (χ0v) is 15.7. The number of aliphatic hydroxyl groups is 2. The molecule has 10 heteroatoms. The number of nitrogens with one attached hydrogen (secondary N) is 2. The molecule has 2 heterocycles. The minimum absolute atomic E-state index is 0.0601. The van der Waals surface area contributed by atoms with E-state index in [1.807, 2.05) is 12.2 Å². The van der Waals surface area contributed by atoms with Gasteiger partial charge in [0.15, 0.2) is 17.7 Å². The number of methoxy groups -OCH3 is 1. The number of hydrogen-bond donors (Lipinski definition) is 5. The average molecular weight is 405 g/mol. The molecule has 5 N–H and O–H groups in total. The number of hydrogen-bond acceptors (Lipinski definition) is 8. The molecule has 0 amide bonds. The number of H-pyrrole nitrogens is 1. The Hall–Kier alpha value is -2.92. The molecular formula is C19H23N3O7. The predicted octanol–water partition coefficient (Wildman–Crippen LogP) is -0.827. The van der Waals surface area contributed by atoms with Crippen LogP contribution < -0.4 is 21.3 Å². The van der Waals surface area contributed by atoms with Crippen molar-refractivity contribution in [3.8, 4) is 11.5 Å². The van der Waals surface area contributed by atoms with Crippen molar-refractivity contribution in [3.63, 3.8) is 0 Å². The first-order chi connectivity index (χ1) is 13.9. The lowest BCUT2D eigenvalue weighted by atomic mass is 10.1. The van der Waals surface area contributed by atoms with Crippen LogP contribution in [0, 0.1) is 0 Å². The third kappa shape index (κ3) is 4.74. The maximum absolute atomic E-state index is 11.9. The Balaban J connectivity index is 1.54. The van der Waals surface area contributed by atoms with Crippen molar-refractivity contribution in [1.82, 2.24) is 14.9 Å². The molecule has 1 aliphatic rings. The van der Waals surface area contributed by atoms with E-state index in [-0.39, 0.29) is 12.3 Å². The molecule has 0 radical (unpaired) electrons. The Kier molecular flexibility index (Phi) is 6.49. The van der Waals surface area contributed by atoms with Gasteiger partial charge >= 0.3 is 5.69 Å². The summed E-state index contributed by atoms with van der Waals surface area (Å²) in [6.45, 7) is 0.686. The van der Waals surface area contributed by atoms with Gasteiger partial charge in [-0.3, -0.25) is 14.3 Å². The summed E-state index contributed by atoms with van der Waals surface area (Å²) in [5.74, 6) is 0.435. The maximum atomic E-state index is 11.9. The molecular weight excluding hydrogens is 382 g/mol. The number of ether oxygens (including phenoxy) is 2. The van der Waals surface area contributed by atoms with Gasteiger partial charge in [0.05, 0.1) is 7.11 Å². The van der Waals surface area contributed by atoms with Crippen molar-refractivity contribution in [2.75, 3.05) is 20.2 Å². The molecule has 0 bridgehead atoms. The fourth-order valence-electron chi connectivity index (χ4n) is 3.06. The first kappa shape index (κ1) is 20.8. The lowest BCUT2D eigenvalue weighted by Gasteiger charge is -2.16. The van der Waals surface area contributed by atoms with Crippen LogP contribution in [-0.4, -0.2) is 63.4 Å². The summed E-state index contributed by atoms with van der Waals surface area (Å²) in [6.07, 6.45) is 0.539. The molecule has 0 unspecified atom stereocenters. The van der Waals surface area contributed by atoms with E-state index in [1.165, 1.54) is 19.4 Å². The monoisotopic (exact) mass is 405 g/mol. The van der Waals surface area contributed by atoms with Crippen molar-refractivity contribution in [3.05, 3.63) is 62.9 Å². The van der Waals surface area contributed by atoms with Crippen molar-refractivity contribution in [1.29, 1.82) is 0 Å². The minimum Gasteiger partial charge on any atom is -0.504 e. The van der Waals surface area contributed by atoms with E-state index in [9.17, 15) is 24.9 Å². The fraction of sp³-hybridized carbons (Fsp3) is 0.368. The molecule has 2 aromatic rings. The summed E-state index contributed by atoms with van der Waals surface area (Å²) >= 11 is 0. The number of rotatable bonds is 7. The molecule has 156 valence electrons. The number of phenols is 1. The molecule has 0 spiro atoms. The standard InChI is InChI=1S/C19H23N3O7/c1-28-13-9-11(4-5-12(13)23)3-2-7-20-10-14-16(25)17(26)18(29-14)22-8-6-15(24)21-19(22)27/h2-6,8-9,14,16-18,20,23,25-26H,7,10H2,1H3,(H,21,24,27)/b3-2+/t14-,16-,17-,18-/m1/s1. The van der Waals surface area contributed by atoms with Crippen LogP contribution in [0.1, 0.15) is 11.8 Å². The van der Waals surface area contributed by atoms with Crippen LogP contribution in [0.3, 0.4) is 0 Å². The van der Waals surface area contributed by atoms with Gasteiger partial charge in [0, 0.05) is 25.4 Å². The smallest absolute Gasteiger partial charge is 0.330 e. The van der Waals surface area contributed by atoms with Crippen LogP contribution in [0.4, 0.5) is 0 Å². The van der Waals surface area contributed by atoms with Crippen molar-refractivity contribution in [2.24, 2.45) is 0 Å². The highest BCUT2D eigenvalue weighted by Gasteiger charge is 2.43. The summed E-state index contributed by atoms with van der Waals surface area (Å²) < 4.78 is 11.7. The summed E-state index contributed by atoms with van der Waals surface area (Å²) in [7, 11) is 1.47. The van der Waals surface area contributed by atoms with Crippen molar-refractivity contribution in [2.45, 2.75) is 24.5 Å². The average Bonchev–Trinajstić information content (AvgIpc) is 2.97. The number of aromatic nitrogens is 2. The highest BCUT2D eigenvalue weighted by Crippen LogP contribution is 2.28. The van der Waals surface area contributed by atoms with Gasteiger partial charge in [-0.1, -0.05) is 18.2 Å². The van der Waals surface area contributed by atoms with Gasteiger partial charge in [0.1, 0.15) is 18.3 Å². The van der Waals surface area contributed by atoms with Crippen molar-refractivity contribution < 1.29 is 24.8 Å². The van der Waals surface area contributed by atoms with Gasteiger partial charge in [-0.05, 0) is 17.7 Å². The Labute approximate surface area is 165 Å². The molecule has 3 rings (SSSR count). The number of aliphatic hydroxyl groups excluding tert-OH is 2. The van der Waals surface area contributed by atoms with Crippen LogP contribution in [0.15, 0.2) is 46.1 Å². The molecule has 1 aliphatic heterocycles. The largest absolute Gasteiger partial charge is 0.504 e. The Morgan fingerprint density at radius 1 is 1.28 bits per heavy atom. The lowest BCUT2D eigenvalue weighted by molar-refractivity contribution is -0.0389. The first-order valence-corrected chi connectivity index (χ1v) is 8.98. The highest BCUT2D eigenvalue weighted by molar-refractivity contribution is 5.55. The van der Waals surface area contributed by atoms with E-state index in [4.69, 9.17) is 9.47 Å². The molecule has 0 saturated carbocycles. The number of phenolic OH excluding ortho intramolecular Hbond substituents is 1. The van der Waals surface area contributed by atoms with Crippen LogP contribution >= 0.6 is 0 Å². The second kappa shape index (κ2) is 9.05. The quantitative estimate of drug-likeness (QED) is 0.375. The molecule has 4 atom stereocenters. The summed E-state index contributed by atoms with van der Waals surface area (Å²) in [6, 6.07) is 6.10. The minimum atomic E-state index is -1.31. The first-order valence-electron chi connectivity index (χ1n) is 8.98. The van der Waals surface area contributed by atoms with E-state index < -0.39 is 35.8 Å². The topological polar surface area (TPSA) is 146 Å². The molecule has 0 aliphatic carbocycles. The van der Waals surface area contributed by atoms with Crippen LogP contribution in [0.2, 0.25) is 0 Å². The van der Waals surface area contributed by atoms with E-state index in [2.05, 4.69) is 10.3 Å². The Morgan fingerprint density at radius 2 is 2.07 bits per heavy atom. The maximum Gasteiger partial charge on any atom is 0.330 e. The van der Waals surface area contributed by atoms with Gasteiger partial charge in [-0.15, -0.1) is 0 Å². The molecule has 1 saturated heterocycles. The molecule has 1 fully saturated rings. The van der Waals surface area contributed by atoms with Crippen molar-refractivity contribution >= 4 is 6.08 Å². The van der Waals surface area contributed by atoms with Gasteiger partial charge in [0.2, 0.25) is 0 Å². The van der Waals surface area contributed by atoms with E-state index in [0.29, 0.717) is 12.3 Å². The van der Waals surface area contributed by atoms with Gasteiger partial charge in [0.25, 0.3) is 5.56 Å². The van der Waals surface area contributed by atoms with E-state index in [0.717, 1.165) is 16.2 Å². The normalized spacial score (nSPS) is 24.2. The molecule has 1 aromatic carbocycles. The number of nitrogens with zero attached hydrogens (tertiary/aromatic N) is 1. The van der Waals surface area contributed by atoms with Crippen LogP contribution in [-0.2, 0) is 4.74 Å². The SMILES string of the molecule is COc1cc(/C=C/CNC[C@H]2O[C@@H](n3ccc(=O)[nH]c3=O)[C@H](O)[C@@H]2O)ccc1O. The van der Waals surface area contributed by atoms with Gasteiger partial charge < -0.3 is 30.1 Å². The summed E-state index contributed by atoms with van der Waals surface area (Å²) in [5.41, 5.74) is -0.448.